The topological polar surface area (TPSA) is 64.3 Å². The molecule has 1 aliphatic heterocycles. The van der Waals surface area contributed by atoms with E-state index in [1.807, 2.05) is 0 Å². The molecule has 14 heavy (non-hydrogen) atoms. The van der Waals surface area contributed by atoms with Gasteiger partial charge >= 0.3 is 0 Å². The van der Waals surface area contributed by atoms with Crippen molar-refractivity contribution >= 4 is 5.91 Å². The number of nitrogens with two attached hydrogens (primary N) is 1. The molecule has 2 fully saturated rings. The Morgan fingerprint density at radius 3 is 2.86 bits per heavy atom. The first-order valence-electron chi connectivity index (χ1n) is 5.42. The number of carbonyl (C=O) groups excluding carboxylic acids is 1. The number of nitrogens with one attached hydrogen (secondary N) is 1. The number of amides is 1. The Morgan fingerprint density at radius 2 is 2.29 bits per heavy atom. The van der Waals surface area contributed by atoms with Gasteiger partial charge in [-0.3, -0.25) is 4.79 Å². The lowest BCUT2D eigenvalue weighted by Gasteiger charge is -2.14. The minimum atomic E-state index is -0.221. The predicted molar refractivity (Wildman–Crippen MR) is 52.7 cm³/mol. The quantitative estimate of drug-likeness (QED) is 0.669. The maximum absolute atomic E-state index is 11.5. The summed E-state index contributed by atoms with van der Waals surface area (Å²) in [6.45, 7) is 1.32. The van der Waals surface area contributed by atoms with Crippen LogP contribution < -0.4 is 11.1 Å². The molecule has 3 N–H and O–H groups in total. The van der Waals surface area contributed by atoms with Crippen LogP contribution in [0.25, 0.3) is 0 Å². The lowest BCUT2D eigenvalue weighted by molar-refractivity contribution is -0.130. The molecule has 4 heteroatoms. The first kappa shape index (κ1) is 9.93. The minimum absolute atomic E-state index is 0.0126. The van der Waals surface area contributed by atoms with E-state index in [4.69, 9.17) is 10.5 Å². The van der Waals surface area contributed by atoms with Crippen molar-refractivity contribution in [2.45, 2.75) is 37.8 Å². The summed E-state index contributed by atoms with van der Waals surface area (Å²) in [5.74, 6) is 0.651. The molecule has 1 saturated carbocycles. The fourth-order valence-electron chi connectivity index (χ4n) is 1.81. The minimum Gasteiger partial charge on any atom is -0.368 e. The Hall–Kier alpha value is -0.610. The van der Waals surface area contributed by atoms with Crippen LogP contribution in [0.5, 0.6) is 0 Å². The fraction of sp³-hybridized carbons (Fsp3) is 0.900. The van der Waals surface area contributed by atoms with Crippen molar-refractivity contribution in [2.24, 2.45) is 11.7 Å². The maximum atomic E-state index is 11.5. The van der Waals surface area contributed by atoms with Gasteiger partial charge in [0.2, 0.25) is 5.91 Å². The van der Waals surface area contributed by atoms with E-state index in [9.17, 15) is 4.79 Å². The summed E-state index contributed by atoms with van der Waals surface area (Å²) in [5, 5.41) is 2.86. The Labute approximate surface area is 84.2 Å². The van der Waals surface area contributed by atoms with Crippen LogP contribution in [-0.2, 0) is 9.53 Å². The molecule has 2 aliphatic rings. The van der Waals surface area contributed by atoms with Crippen molar-refractivity contribution in [2.75, 3.05) is 13.2 Å². The van der Waals surface area contributed by atoms with Gasteiger partial charge in [-0.05, 0) is 31.6 Å². The molecule has 1 aliphatic carbocycles. The average Bonchev–Trinajstić information content (AvgIpc) is 2.90. The van der Waals surface area contributed by atoms with E-state index in [1.165, 1.54) is 12.8 Å². The van der Waals surface area contributed by atoms with E-state index in [0.29, 0.717) is 19.1 Å². The monoisotopic (exact) mass is 198 g/mol. The number of hydrogen-bond donors (Lipinski definition) is 2. The van der Waals surface area contributed by atoms with Crippen molar-refractivity contribution in [3.05, 3.63) is 0 Å². The van der Waals surface area contributed by atoms with Crippen LogP contribution in [0.15, 0.2) is 0 Å². The summed E-state index contributed by atoms with van der Waals surface area (Å²) >= 11 is 0. The van der Waals surface area contributed by atoms with Gasteiger partial charge in [-0.2, -0.15) is 0 Å². The zero-order valence-electron chi connectivity index (χ0n) is 8.37. The van der Waals surface area contributed by atoms with E-state index in [2.05, 4.69) is 5.32 Å². The largest absolute Gasteiger partial charge is 0.368 e. The molecule has 0 aromatic heterocycles. The lowest BCUT2D eigenvalue weighted by Crippen LogP contribution is -2.42. The SMILES string of the molecule is NC(CNC(=O)[C@H]1CCCO1)C1CC1. The zero-order valence-corrected chi connectivity index (χ0v) is 8.37. The van der Waals surface area contributed by atoms with Gasteiger partial charge in [-0.25, -0.2) is 0 Å². The highest BCUT2D eigenvalue weighted by molar-refractivity contribution is 5.80. The highest BCUT2D eigenvalue weighted by Crippen LogP contribution is 2.31. The van der Waals surface area contributed by atoms with Gasteiger partial charge in [0.25, 0.3) is 0 Å². The van der Waals surface area contributed by atoms with E-state index in [0.717, 1.165) is 12.8 Å². The molecule has 0 aromatic rings. The van der Waals surface area contributed by atoms with Gasteiger partial charge in [0.05, 0.1) is 0 Å². The van der Waals surface area contributed by atoms with E-state index >= 15 is 0 Å². The standard InChI is InChI=1S/C10H18N2O2/c11-8(7-3-4-7)6-12-10(13)9-2-1-5-14-9/h7-9H,1-6,11H2,(H,12,13)/t8?,9-/m1/s1. The van der Waals surface area contributed by atoms with Crippen molar-refractivity contribution in [1.82, 2.24) is 5.32 Å². The Bertz CT molecular complexity index is 210. The lowest BCUT2D eigenvalue weighted by atomic mass is 10.2. The average molecular weight is 198 g/mol. The van der Waals surface area contributed by atoms with E-state index < -0.39 is 0 Å². The Morgan fingerprint density at radius 1 is 1.50 bits per heavy atom. The van der Waals surface area contributed by atoms with Crippen molar-refractivity contribution in [1.29, 1.82) is 0 Å². The van der Waals surface area contributed by atoms with Crippen LogP contribution in [0, 0.1) is 5.92 Å². The third-order valence-corrected chi connectivity index (χ3v) is 2.96. The van der Waals surface area contributed by atoms with Crippen LogP contribution in [0.2, 0.25) is 0 Å². The highest BCUT2D eigenvalue weighted by Gasteiger charge is 2.29. The maximum Gasteiger partial charge on any atom is 0.249 e. The van der Waals surface area contributed by atoms with Gasteiger partial charge in [0, 0.05) is 19.2 Å². The normalized spacial score (nSPS) is 28.8. The van der Waals surface area contributed by atoms with Crippen molar-refractivity contribution < 1.29 is 9.53 Å². The number of rotatable bonds is 4. The number of hydrogen-bond acceptors (Lipinski definition) is 3. The van der Waals surface area contributed by atoms with Crippen LogP contribution in [-0.4, -0.2) is 31.2 Å². The van der Waals surface area contributed by atoms with Gasteiger partial charge in [-0.1, -0.05) is 0 Å². The van der Waals surface area contributed by atoms with Gasteiger partial charge in [-0.15, -0.1) is 0 Å². The molecule has 0 spiro atoms. The Kier molecular flexibility index (Phi) is 3.03. The third-order valence-electron chi connectivity index (χ3n) is 2.96. The van der Waals surface area contributed by atoms with Gasteiger partial charge in [0.1, 0.15) is 6.10 Å². The number of ether oxygens (including phenoxy) is 1. The molecular weight excluding hydrogens is 180 g/mol. The van der Waals surface area contributed by atoms with Gasteiger partial charge < -0.3 is 15.8 Å². The number of carbonyl (C=O) groups is 1. The molecule has 1 amide bonds. The van der Waals surface area contributed by atoms with Crippen molar-refractivity contribution in [3.63, 3.8) is 0 Å². The zero-order chi connectivity index (χ0) is 9.97. The van der Waals surface area contributed by atoms with Crippen LogP contribution in [0.3, 0.4) is 0 Å². The molecule has 1 saturated heterocycles. The molecule has 0 radical (unpaired) electrons. The second-order valence-corrected chi connectivity index (χ2v) is 4.25. The summed E-state index contributed by atoms with van der Waals surface area (Å²) in [6, 6.07) is 0.139. The summed E-state index contributed by atoms with van der Waals surface area (Å²) in [7, 11) is 0. The highest BCUT2D eigenvalue weighted by atomic mass is 16.5. The second kappa shape index (κ2) is 4.28. The molecule has 80 valence electrons. The molecule has 4 nitrogen and oxygen atoms in total. The van der Waals surface area contributed by atoms with Crippen LogP contribution in [0.4, 0.5) is 0 Å². The first-order valence-corrected chi connectivity index (χ1v) is 5.42. The van der Waals surface area contributed by atoms with Gasteiger partial charge in [0.15, 0.2) is 0 Å². The summed E-state index contributed by atoms with van der Waals surface area (Å²) in [4.78, 5) is 11.5. The second-order valence-electron chi connectivity index (χ2n) is 4.25. The van der Waals surface area contributed by atoms with E-state index in [1.54, 1.807) is 0 Å². The summed E-state index contributed by atoms with van der Waals surface area (Å²) < 4.78 is 5.27. The molecular formula is C10H18N2O2. The summed E-state index contributed by atoms with van der Waals surface area (Å²) in [6.07, 6.45) is 4.06. The smallest absolute Gasteiger partial charge is 0.249 e. The summed E-state index contributed by atoms with van der Waals surface area (Å²) in [5.41, 5.74) is 5.87. The molecule has 1 unspecified atom stereocenters. The third kappa shape index (κ3) is 2.45. The van der Waals surface area contributed by atoms with Crippen LogP contribution in [0.1, 0.15) is 25.7 Å². The predicted octanol–water partition coefficient (Wildman–Crippen LogP) is 0.0189. The molecule has 0 aromatic carbocycles. The molecule has 1 heterocycles. The van der Waals surface area contributed by atoms with E-state index in [-0.39, 0.29) is 18.1 Å². The van der Waals surface area contributed by atoms with Crippen LogP contribution >= 0.6 is 0 Å². The molecule has 0 bridgehead atoms. The molecule has 2 atom stereocenters. The fourth-order valence-corrected chi connectivity index (χ4v) is 1.81. The Balaban J connectivity index is 1.66. The molecule has 2 rings (SSSR count). The van der Waals surface area contributed by atoms with Crippen molar-refractivity contribution in [3.8, 4) is 0 Å². The first-order chi connectivity index (χ1) is 6.77.